The quantitative estimate of drug-likeness (QED) is 0.819. The monoisotopic (exact) mass is 385 g/mol. The number of nitrogens with zero attached hydrogens (tertiary/aromatic N) is 1. The zero-order valence-corrected chi connectivity index (χ0v) is 15.2. The fourth-order valence-corrected chi connectivity index (χ4v) is 3.75. The lowest BCUT2D eigenvalue weighted by atomic mass is 9.84. The highest BCUT2D eigenvalue weighted by atomic mass is 35.5. The fraction of sp³-hybridized carbons (Fsp3) is 0.200. The van der Waals surface area contributed by atoms with Crippen molar-refractivity contribution >= 4 is 29.2 Å². The Hall–Kier alpha value is -2.99. The predicted octanol–water partition coefficient (Wildman–Crippen LogP) is 3.39. The summed E-state index contributed by atoms with van der Waals surface area (Å²) in [6.45, 7) is 0.0259. The maximum atomic E-state index is 13.0. The summed E-state index contributed by atoms with van der Waals surface area (Å²) >= 11 is 6.07. The standard InChI is InChI=1S/C20H16ClNO5/c1-26-17-7-11(5-6-16(17)23)14-9-18(24)22(13-4-2-3-12(21)8-13)15-10-27-20(25)19(14)15/h2-8,14,23H,9-10H2,1H3/t14-/m1/s1. The van der Waals surface area contributed by atoms with Crippen LogP contribution in [0.4, 0.5) is 5.69 Å². The molecular weight excluding hydrogens is 370 g/mol. The zero-order valence-electron chi connectivity index (χ0n) is 14.4. The molecule has 0 saturated heterocycles. The number of rotatable bonds is 3. The van der Waals surface area contributed by atoms with Gasteiger partial charge in [0.2, 0.25) is 5.91 Å². The second-order valence-electron chi connectivity index (χ2n) is 6.33. The van der Waals surface area contributed by atoms with E-state index in [1.807, 2.05) is 0 Å². The van der Waals surface area contributed by atoms with Crippen LogP contribution < -0.4 is 9.64 Å². The van der Waals surface area contributed by atoms with E-state index in [0.717, 1.165) is 0 Å². The first-order chi connectivity index (χ1) is 13.0. The summed E-state index contributed by atoms with van der Waals surface area (Å²) in [5.41, 5.74) is 2.27. The van der Waals surface area contributed by atoms with Crippen molar-refractivity contribution in [3.63, 3.8) is 0 Å². The molecule has 4 rings (SSSR count). The summed E-state index contributed by atoms with van der Waals surface area (Å²) in [6, 6.07) is 11.7. The van der Waals surface area contributed by atoms with E-state index >= 15 is 0 Å². The molecule has 0 unspecified atom stereocenters. The van der Waals surface area contributed by atoms with Crippen LogP contribution in [0.15, 0.2) is 53.7 Å². The van der Waals surface area contributed by atoms with Gasteiger partial charge >= 0.3 is 5.97 Å². The van der Waals surface area contributed by atoms with E-state index in [9.17, 15) is 14.7 Å². The first kappa shape index (κ1) is 17.4. The number of anilines is 1. The van der Waals surface area contributed by atoms with Gasteiger partial charge in [-0.25, -0.2) is 4.79 Å². The van der Waals surface area contributed by atoms with Crippen LogP contribution in [0.3, 0.4) is 0 Å². The topological polar surface area (TPSA) is 76.1 Å². The molecule has 0 spiro atoms. The average molecular weight is 386 g/mol. The van der Waals surface area contributed by atoms with Crippen molar-refractivity contribution in [1.29, 1.82) is 0 Å². The van der Waals surface area contributed by atoms with Gasteiger partial charge in [-0.2, -0.15) is 0 Å². The van der Waals surface area contributed by atoms with Gasteiger partial charge in [0, 0.05) is 17.4 Å². The molecule has 1 amide bonds. The lowest BCUT2D eigenvalue weighted by Crippen LogP contribution is -2.37. The largest absolute Gasteiger partial charge is 0.504 e. The number of phenols is 1. The number of carbonyl (C=O) groups is 2. The van der Waals surface area contributed by atoms with Gasteiger partial charge in [-0.05, 0) is 35.9 Å². The zero-order chi connectivity index (χ0) is 19.1. The third-order valence-corrected chi connectivity index (χ3v) is 5.02. The minimum Gasteiger partial charge on any atom is -0.504 e. The molecule has 0 aliphatic carbocycles. The van der Waals surface area contributed by atoms with Crippen molar-refractivity contribution in [2.45, 2.75) is 12.3 Å². The molecule has 6 nitrogen and oxygen atoms in total. The Morgan fingerprint density at radius 3 is 2.78 bits per heavy atom. The van der Waals surface area contributed by atoms with Crippen LogP contribution in [-0.2, 0) is 14.3 Å². The summed E-state index contributed by atoms with van der Waals surface area (Å²) in [5, 5.41) is 10.3. The maximum Gasteiger partial charge on any atom is 0.336 e. The molecule has 2 heterocycles. The van der Waals surface area contributed by atoms with Gasteiger partial charge in [0.25, 0.3) is 0 Å². The smallest absolute Gasteiger partial charge is 0.336 e. The summed E-state index contributed by atoms with van der Waals surface area (Å²) in [5.74, 6) is -0.793. The van der Waals surface area contributed by atoms with Crippen LogP contribution >= 0.6 is 11.6 Å². The molecule has 1 atom stereocenters. The molecule has 0 bridgehead atoms. The minimum atomic E-state index is -0.465. The number of hydrogen-bond donors (Lipinski definition) is 1. The van der Waals surface area contributed by atoms with Crippen molar-refractivity contribution in [2.24, 2.45) is 0 Å². The van der Waals surface area contributed by atoms with Gasteiger partial charge in [0.15, 0.2) is 11.5 Å². The van der Waals surface area contributed by atoms with Crippen LogP contribution in [0, 0.1) is 0 Å². The van der Waals surface area contributed by atoms with Crippen molar-refractivity contribution in [3.8, 4) is 11.5 Å². The predicted molar refractivity (Wildman–Crippen MR) is 98.9 cm³/mol. The summed E-state index contributed by atoms with van der Waals surface area (Å²) in [6.07, 6.45) is 0.0916. The number of esters is 1. The molecule has 2 aliphatic heterocycles. The second kappa shape index (κ2) is 6.63. The number of phenolic OH excluding ortho intramolecular Hbond substituents is 1. The summed E-state index contributed by atoms with van der Waals surface area (Å²) in [7, 11) is 1.44. The van der Waals surface area contributed by atoms with Gasteiger partial charge in [0.1, 0.15) is 6.61 Å². The van der Waals surface area contributed by atoms with E-state index in [-0.39, 0.29) is 30.4 Å². The van der Waals surface area contributed by atoms with Crippen molar-refractivity contribution in [1.82, 2.24) is 0 Å². The van der Waals surface area contributed by atoms with Crippen molar-refractivity contribution < 1.29 is 24.2 Å². The number of methoxy groups -OCH3 is 1. The van der Waals surface area contributed by atoms with E-state index in [1.54, 1.807) is 36.4 Å². The van der Waals surface area contributed by atoms with E-state index in [2.05, 4.69) is 0 Å². The van der Waals surface area contributed by atoms with Gasteiger partial charge in [-0.1, -0.05) is 23.7 Å². The number of ether oxygens (including phenoxy) is 2. The molecule has 2 aliphatic rings. The number of amides is 1. The Morgan fingerprint density at radius 2 is 2.04 bits per heavy atom. The third kappa shape index (κ3) is 2.92. The van der Waals surface area contributed by atoms with Gasteiger partial charge in [-0.15, -0.1) is 0 Å². The Morgan fingerprint density at radius 1 is 1.22 bits per heavy atom. The Bertz CT molecular complexity index is 984. The van der Waals surface area contributed by atoms with Gasteiger partial charge < -0.3 is 14.6 Å². The molecule has 0 aromatic heterocycles. The number of halogens is 1. The highest BCUT2D eigenvalue weighted by molar-refractivity contribution is 6.31. The highest BCUT2D eigenvalue weighted by Crippen LogP contribution is 2.43. The third-order valence-electron chi connectivity index (χ3n) is 4.79. The molecule has 0 saturated carbocycles. The Balaban J connectivity index is 1.83. The van der Waals surface area contributed by atoms with Gasteiger partial charge in [-0.3, -0.25) is 9.69 Å². The van der Waals surface area contributed by atoms with E-state index in [4.69, 9.17) is 21.1 Å². The lowest BCUT2D eigenvalue weighted by molar-refractivity contribution is -0.136. The molecule has 7 heteroatoms. The Kier molecular flexibility index (Phi) is 4.28. The average Bonchev–Trinajstić information content (AvgIpc) is 3.03. The van der Waals surface area contributed by atoms with Gasteiger partial charge in [0.05, 0.1) is 24.1 Å². The molecule has 2 aromatic carbocycles. The Labute approximate surface area is 160 Å². The van der Waals surface area contributed by atoms with E-state index in [0.29, 0.717) is 27.5 Å². The van der Waals surface area contributed by atoms with Crippen molar-refractivity contribution in [2.75, 3.05) is 18.6 Å². The summed E-state index contributed by atoms with van der Waals surface area (Å²) in [4.78, 5) is 26.9. The lowest BCUT2D eigenvalue weighted by Gasteiger charge is -2.32. The van der Waals surface area contributed by atoms with E-state index < -0.39 is 11.9 Å². The molecule has 0 radical (unpaired) electrons. The molecule has 138 valence electrons. The first-order valence-electron chi connectivity index (χ1n) is 8.35. The molecule has 0 fully saturated rings. The first-order valence-corrected chi connectivity index (χ1v) is 8.73. The van der Waals surface area contributed by atoms with Crippen LogP contribution in [0.1, 0.15) is 17.9 Å². The fourth-order valence-electron chi connectivity index (χ4n) is 3.56. The summed E-state index contributed by atoms with van der Waals surface area (Å²) < 4.78 is 10.4. The molecule has 1 N–H and O–H groups in total. The molecule has 2 aromatic rings. The van der Waals surface area contributed by atoms with E-state index in [1.165, 1.54) is 18.1 Å². The number of aromatic hydroxyl groups is 1. The molecular formula is C20H16ClNO5. The van der Waals surface area contributed by atoms with Crippen LogP contribution in [-0.4, -0.2) is 30.7 Å². The highest BCUT2D eigenvalue weighted by Gasteiger charge is 2.43. The van der Waals surface area contributed by atoms with Crippen LogP contribution in [0.5, 0.6) is 11.5 Å². The number of hydrogen-bond acceptors (Lipinski definition) is 5. The SMILES string of the molecule is COc1cc([C@H]2CC(=O)N(c3cccc(Cl)c3)C3=C2C(=O)OC3)ccc1O. The maximum absolute atomic E-state index is 13.0. The number of benzene rings is 2. The minimum absolute atomic E-state index is 0.00728. The number of cyclic esters (lactones) is 1. The molecule has 27 heavy (non-hydrogen) atoms. The second-order valence-corrected chi connectivity index (χ2v) is 6.77. The van der Waals surface area contributed by atoms with Crippen LogP contribution in [0.2, 0.25) is 5.02 Å². The normalized spacial score (nSPS) is 19.2. The number of carbonyl (C=O) groups excluding carboxylic acids is 2. The van der Waals surface area contributed by atoms with Crippen molar-refractivity contribution in [3.05, 3.63) is 64.3 Å². The van der Waals surface area contributed by atoms with Crippen LogP contribution in [0.25, 0.3) is 0 Å².